The van der Waals surface area contributed by atoms with Crippen molar-refractivity contribution in [3.63, 3.8) is 0 Å². The summed E-state index contributed by atoms with van der Waals surface area (Å²) in [6.45, 7) is 7.67. The molecule has 0 saturated heterocycles. The summed E-state index contributed by atoms with van der Waals surface area (Å²) in [4.78, 5) is 0. The molecule has 0 rings (SSSR count). The highest BCUT2D eigenvalue weighted by Gasteiger charge is 2.19. The van der Waals surface area contributed by atoms with Gasteiger partial charge in [0.25, 0.3) is 0 Å². The summed E-state index contributed by atoms with van der Waals surface area (Å²) in [6, 6.07) is 0. The number of halogens is 3. The molecule has 0 amide bonds. The molecule has 0 aromatic carbocycles. The quantitative estimate of drug-likeness (QED) is 0.445. The van der Waals surface area contributed by atoms with Gasteiger partial charge in [-0.15, -0.1) is 0 Å². The molecule has 4 heteroatoms. The maximum atomic E-state index is 13.0. The third-order valence-electron chi connectivity index (χ3n) is 1.53. The molecule has 0 spiro atoms. The summed E-state index contributed by atoms with van der Waals surface area (Å²) in [5.74, 6) is 0. The van der Waals surface area contributed by atoms with E-state index in [2.05, 4.69) is 13.2 Å². The van der Waals surface area contributed by atoms with Gasteiger partial charge < -0.3 is 4.32 Å². The van der Waals surface area contributed by atoms with Crippen molar-refractivity contribution in [1.82, 2.24) is 0 Å². The number of hydrogen-bond donors (Lipinski definition) is 0. The maximum absolute atomic E-state index is 13.0. The van der Waals surface area contributed by atoms with Crippen LogP contribution in [-0.2, 0) is 0 Å². The van der Waals surface area contributed by atoms with Gasteiger partial charge >= 0.3 is 7.56 Å². The van der Waals surface area contributed by atoms with Crippen molar-refractivity contribution in [3.05, 3.63) is 24.3 Å². The minimum absolute atomic E-state index is 0.00741. The van der Waals surface area contributed by atoms with Crippen LogP contribution in [0.15, 0.2) is 24.3 Å². The molecule has 0 aliphatic rings. The van der Waals surface area contributed by atoms with Crippen molar-refractivity contribution in [3.8, 4) is 0 Å². The Balaban J connectivity index is 4.10. The molecule has 0 aromatic rings. The van der Waals surface area contributed by atoms with Crippen LogP contribution in [0.2, 0.25) is 6.32 Å². The van der Waals surface area contributed by atoms with Crippen molar-refractivity contribution in [2.24, 2.45) is 0 Å². The molecule has 12 heavy (non-hydrogen) atoms. The van der Waals surface area contributed by atoms with Crippen LogP contribution in [0, 0.1) is 0 Å². The third-order valence-corrected chi connectivity index (χ3v) is 1.53. The van der Waals surface area contributed by atoms with E-state index >= 15 is 0 Å². The molecule has 2 unspecified atom stereocenters. The normalized spacial score (nSPS) is 15.0. The van der Waals surface area contributed by atoms with E-state index in [1.807, 2.05) is 0 Å². The molecule has 0 saturated carbocycles. The van der Waals surface area contributed by atoms with E-state index in [-0.39, 0.29) is 25.0 Å². The molecular formula is C8H11BF3. The third kappa shape index (κ3) is 3.16. The first-order valence-corrected chi connectivity index (χ1v) is 3.57. The van der Waals surface area contributed by atoms with Crippen LogP contribution in [0.1, 0.15) is 6.92 Å². The number of hydrogen-bond acceptors (Lipinski definition) is 0. The predicted molar refractivity (Wildman–Crippen MR) is 45.4 cm³/mol. The Morgan fingerprint density at radius 1 is 1.42 bits per heavy atom. The van der Waals surface area contributed by atoms with Gasteiger partial charge in [-0.25, -0.2) is 8.78 Å². The molecule has 67 valence electrons. The van der Waals surface area contributed by atoms with Crippen molar-refractivity contribution in [2.45, 2.75) is 25.6 Å². The summed E-state index contributed by atoms with van der Waals surface area (Å²) in [5.41, 5.74) is -0.214. The topological polar surface area (TPSA) is 0 Å². The zero-order valence-electron chi connectivity index (χ0n) is 6.99. The van der Waals surface area contributed by atoms with E-state index in [0.717, 1.165) is 0 Å². The first-order valence-electron chi connectivity index (χ1n) is 3.57. The van der Waals surface area contributed by atoms with Crippen LogP contribution in [0.5, 0.6) is 0 Å². The fourth-order valence-electron chi connectivity index (χ4n) is 0.666. The summed E-state index contributed by atoms with van der Waals surface area (Å²) >= 11 is 0. The highest BCUT2D eigenvalue weighted by Crippen LogP contribution is 2.20. The molecule has 0 bridgehead atoms. The lowest BCUT2D eigenvalue weighted by atomic mass is 9.88. The number of alkyl halides is 2. The molecule has 0 aliphatic heterocycles. The Morgan fingerprint density at radius 3 is 2.25 bits per heavy atom. The summed E-state index contributed by atoms with van der Waals surface area (Å²) in [6.07, 6.45) is -3.29. The van der Waals surface area contributed by atoms with E-state index in [4.69, 9.17) is 0 Å². The standard InChI is InChI=1S/C8H11BF3/c1-5(4-9-12)8(11)6(2)7(3)10/h7-8H,1-2,4H2,3H3. The molecule has 0 heterocycles. The highest BCUT2D eigenvalue weighted by molar-refractivity contribution is 6.27. The predicted octanol–water partition coefficient (Wildman–Crippen LogP) is 2.80. The van der Waals surface area contributed by atoms with Crippen LogP contribution >= 0.6 is 0 Å². The number of allylic oxidation sites excluding steroid dienone is 2. The lowest BCUT2D eigenvalue weighted by molar-refractivity contribution is 0.340. The summed E-state index contributed by atoms with van der Waals surface area (Å²) in [7, 11) is 0.283. The maximum Gasteiger partial charge on any atom is 0.358 e. The first-order chi connectivity index (χ1) is 5.50. The smallest absolute Gasteiger partial charge is 0.342 e. The van der Waals surface area contributed by atoms with Gasteiger partial charge in [-0.2, -0.15) is 0 Å². The molecule has 1 radical (unpaired) electrons. The average molecular weight is 175 g/mol. The molecule has 2 atom stereocenters. The monoisotopic (exact) mass is 175 g/mol. The van der Waals surface area contributed by atoms with E-state index in [0.29, 0.717) is 0 Å². The minimum atomic E-state index is -1.66. The number of rotatable bonds is 5. The van der Waals surface area contributed by atoms with Crippen molar-refractivity contribution in [1.29, 1.82) is 0 Å². The van der Waals surface area contributed by atoms with Crippen LogP contribution in [0.25, 0.3) is 0 Å². The van der Waals surface area contributed by atoms with Crippen LogP contribution in [0.3, 0.4) is 0 Å². The molecule has 0 fully saturated rings. The summed E-state index contributed by atoms with van der Waals surface area (Å²) in [5, 5.41) is 0. The van der Waals surface area contributed by atoms with Crippen LogP contribution in [0.4, 0.5) is 13.1 Å². The van der Waals surface area contributed by atoms with Gasteiger partial charge in [0, 0.05) is 0 Å². The van der Waals surface area contributed by atoms with Crippen molar-refractivity contribution in [2.75, 3.05) is 0 Å². The average Bonchev–Trinajstić information content (AvgIpc) is 2.02. The second-order valence-electron chi connectivity index (χ2n) is 2.57. The summed E-state index contributed by atoms with van der Waals surface area (Å²) < 4.78 is 37.1. The SMILES string of the molecule is C=C(C[B]F)C(F)C(=C)C(C)F. The molecular weight excluding hydrogens is 164 g/mol. The van der Waals surface area contributed by atoms with Gasteiger partial charge in [-0.1, -0.05) is 13.2 Å². The second-order valence-corrected chi connectivity index (χ2v) is 2.57. The van der Waals surface area contributed by atoms with Gasteiger partial charge in [0.05, 0.1) is 0 Å². The van der Waals surface area contributed by atoms with Crippen molar-refractivity contribution < 1.29 is 13.1 Å². The minimum Gasteiger partial charge on any atom is -0.342 e. The zero-order valence-corrected chi connectivity index (χ0v) is 6.99. The second kappa shape index (κ2) is 5.06. The van der Waals surface area contributed by atoms with Gasteiger partial charge in [0.1, 0.15) is 12.3 Å². The first kappa shape index (κ1) is 11.3. The van der Waals surface area contributed by atoms with Gasteiger partial charge in [0.2, 0.25) is 0 Å². The van der Waals surface area contributed by atoms with E-state index in [9.17, 15) is 13.1 Å². The van der Waals surface area contributed by atoms with Crippen molar-refractivity contribution >= 4 is 7.56 Å². The van der Waals surface area contributed by atoms with E-state index in [1.54, 1.807) is 0 Å². The Labute approximate surface area is 71.4 Å². The largest absolute Gasteiger partial charge is 0.358 e. The highest BCUT2D eigenvalue weighted by atomic mass is 19.1. The molecule has 0 nitrogen and oxygen atoms in total. The van der Waals surface area contributed by atoms with Crippen LogP contribution < -0.4 is 0 Å². The lowest BCUT2D eigenvalue weighted by Crippen LogP contribution is -2.14. The van der Waals surface area contributed by atoms with Gasteiger partial charge in [-0.3, -0.25) is 0 Å². The van der Waals surface area contributed by atoms with E-state index in [1.165, 1.54) is 6.92 Å². The fourth-order valence-corrected chi connectivity index (χ4v) is 0.666. The Kier molecular flexibility index (Phi) is 4.78. The lowest BCUT2D eigenvalue weighted by Gasteiger charge is -2.13. The Bertz CT molecular complexity index is 177. The molecule has 0 N–H and O–H groups in total. The van der Waals surface area contributed by atoms with Crippen LogP contribution in [-0.4, -0.2) is 19.9 Å². The van der Waals surface area contributed by atoms with Gasteiger partial charge in [-0.05, 0) is 24.4 Å². The fraction of sp³-hybridized carbons (Fsp3) is 0.500. The molecule has 0 aliphatic carbocycles. The van der Waals surface area contributed by atoms with E-state index < -0.39 is 12.3 Å². The molecule has 0 aromatic heterocycles. The van der Waals surface area contributed by atoms with Gasteiger partial charge in [0.15, 0.2) is 0 Å². The Hall–Kier alpha value is -0.665. The Morgan fingerprint density at radius 2 is 1.92 bits per heavy atom. The zero-order chi connectivity index (χ0) is 9.72.